The molecule has 126 valence electrons. The summed E-state index contributed by atoms with van der Waals surface area (Å²) in [5, 5.41) is 0. The van der Waals surface area contributed by atoms with Crippen LogP contribution in [0.4, 0.5) is 0 Å². The minimum Gasteiger partial charge on any atom is -0.324 e. The van der Waals surface area contributed by atoms with Gasteiger partial charge in [-0.25, -0.2) is 17.7 Å². The number of nitrogens with zero attached hydrogens (tertiary/aromatic N) is 3. The number of benzene rings is 2. The molecule has 0 radical (unpaired) electrons. The molecule has 0 N–H and O–H groups in total. The van der Waals surface area contributed by atoms with Crippen molar-refractivity contribution in [1.29, 1.82) is 0 Å². The summed E-state index contributed by atoms with van der Waals surface area (Å²) in [4.78, 5) is 4.94. The molecule has 0 unspecified atom stereocenters. The molecule has 3 aromatic rings. The van der Waals surface area contributed by atoms with Crippen LogP contribution in [-0.2, 0) is 16.6 Å². The maximum absolute atomic E-state index is 12.3. The van der Waals surface area contributed by atoms with Crippen LogP contribution < -0.4 is 0 Å². The summed E-state index contributed by atoms with van der Waals surface area (Å²) < 4.78 is 28.9. The molecule has 0 aliphatic carbocycles. The minimum absolute atomic E-state index is 0.251. The zero-order valence-corrected chi connectivity index (χ0v) is 16.1. The Balaban J connectivity index is 2.23. The van der Waals surface area contributed by atoms with E-state index < -0.39 is 10.0 Å². The van der Waals surface area contributed by atoms with Gasteiger partial charge >= 0.3 is 0 Å². The highest BCUT2D eigenvalue weighted by Crippen LogP contribution is 2.28. The second kappa shape index (κ2) is 6.31. The van der Waals surface area contributed by atoms with Gasteiger partial charge in [0, 0.05) is 30.7 Å². The Bertz CT molecular complexity index is 1010. The topological polar surface area (TPSA) is 55.2 Å². The number of imidazole rings is 1. The quantitative estimate of drug-likeness (QED) is 0.661. The SMILES string of the molecule is CCn1c(-c2cccc(Br)c2)nc2cc(S(=O)(=O)N(C)C)ccc21. The summed E-state index contributed by atoms with van der Waals surface area (Å²) in [7, 11) is -0.424. The number of halogens is 1. The molecule has 3 rings (SSSR count). The van der Waals surface area contributed by atoms with E-state index in [4.69, 9.17) is 0 Å². The predicted octanol–water partition coefficient (Wildman–Crippen LogP) is 3.74. The maximum atomic E-state index is 12.3. The van der Waals surface area contributed by atoms with Crippen LogP contribution in [0.2, 0.25) is 0 Å². The van der Waals surface area contributed by atoms with Gasteiger partial charge < -0.3 is 4.57 Å². The average molecular weight is 408 g/mol. The fourth-order valence-corrected chi connectivity index (χ4v) is 3.97. The van der Waals surface area contributed by atoms with E-state index in [9.17, 15) is 8.42 Å². The van der Waals surface area contributed by atoms with Crippen molar-refractivity contribution in [2.45, 2.75) is 18.4 Å². The second-order valence-corrected chi connectivity index (χ2v) is 8.70. The van der Waals surface area contributed by atoms with Gasteiger partial charge in [0.1, 0.15) is 5.82 Å². The number of aromatic nitrogens is 2. The van der Waals surface area contributed by atoms with Crippen molar-refractivity contribution < 1.29 is 8.42 Å². The van der Waals surface area contributed by atoms with E-state index in [1.54, 1.807) is 12.1 Å². The molecule has 5 nitrogen and oxygen atoms in total. The molecule has 0 fully saturated rings. The Hall–Kier alpha value is -1.70. The van der Waals surface area contributed by atoms with Crippen molar-refractivity contribution >= 4 is 37.0 Å². The Kier molecular flexibility index (Phi) is 4.50. The van der Waals surface area contributed by atoms with Crippen molar-refractivity contribution in [2.24, 2.45) is 0 Å². The summed E-state index contributed by atoms with van der Waals surface area (Å²) in [6, 6.07) is 13.0. The summed E-state index contributed by atoms with van der Waals surface area (Å²) in [6.07, 6.45) is 0. The highest BCUT2D eigenvalue weighted by molar-refractivity contribution is 9.10. The van der Waals surface area contributed by atoms with Gasteiger partial charge in [0.15, 0.2) is 0 Å². The van der Waals surface area contributed by atoms with E-state index in [2.05, 4.69) is 25.5 Å². The molecule has 1 aromatic heterocycles. The molecule has 0 aliphatic rings. The van der Waals surface area contributed by atoms with Crippen LogP contribution in [0.5, 0.6) is 0 Å². The van der Waals surface area contributed by atoms with Crippen LogP contribution in [0.15, 0.2) is 51.8 Å². The van der Waals surface area contributed by atoms with Crippen molar-refractivity contribution in [2.75, 3.05) is 14.1 Å². The van der Waals surface area contributed by atoms with Gasteiger partial charge in [0.05, 0.1) is 15.9 Å². The summed E-state index contributed by atoms with van der Waals surface area (Å²) in [5.74, 6) is 0.827. The summed E-state index contributed by atoms with van der Waals surface area (Å²) in [5.41, 5.74) is 2.58. The Morgan fingerprint density at radius 3 is 2.54 bits per heavy atom. The molecule has 1 heterocycles. The highest BCUT2D eigenvalue weighted by Gasteiger charge is 2.19. The van der Waals surface area contributed by atoms with E-state index >= 15 is 0 Å². The Labute approximate surface area is 150 Å². The molecular weight excluding hydrogens is 390 g/mol. The van der Waals surface area contributed by atoms with Gasteiger partial charge in [0.2, 0.25) is 10.0 Å². The molecule has 24 heavy (non-hydrogen) atoms. The predicted molar refractivity (Wildman–Crippen MR) is 99.4 cm³/mol. The molecule has 0 amide bonds. The van der Waals surface area contributed by atoms with Gasteiger partial charge in [0.25, 0.3) is 0 Å². The van der Waals surface area contributed by atoms with E-state index in [1.165, 1.54) is 18.4 Å². The third-order valence-electron chi connectivity index (χ3n) is 3.90. The first kappa shape index (κ1) is 17.1. The zero-order valence-electron chi connectivity index (χ0n) is 13.7. The van der Waals surface area contributed by atoms with Gasteiger partial charge in [-0.2, -0.15) is 0 Å². The monoisotopic (exact) mass is 407 g/mol. The van der Waals surface area contributed by atoms with Crippen LogP contribution in [0, 0.1) is 0 Å². The van der Waals surface area contributed by atoms with E-state index in [-0.39, 0.29) is 4.90 Å². The number of sulfonamides is 1. The van der Waals surface area contributed by atoms with Crippen LogP contribution in [0.25, 0.3) is 22.4 Å². The first-order valence-corrected chi connectivity index (χ1v) is 9.76. The lowest BCUT2D eigenvalue weighted by Gasteiger charge is -2.11. The molecule has 0 aliphatic heterocycles. The molecule has 0 spiro atoms. The van der Waals surface area contributed by atoms with Gasteiger partial charge in [-0.1, -0.05) is 28.1 Å². The lowest BCUT2D eigenvalue weighted by atomic mass is 10.2. The third-order valence-corrected chi connectivity index (χ3v) is 6.20. The minimum atomic E-state index is -3.47. The van der Waals surface area contributed by atoms with Crippen LogP contribution >= 0.6 is 15.9 Å². The molecule has 0 saturated carbocycles. The number of hydrogen-bond acceptors (Lipinski definition) is 3. The number of fused-ring (bicyclic) bond motifs is 1. The first-order valence-electron chi connectivity index (χ1n) is 7.53. The fraction of sp³-hybridized carbons (Fsp3) is 0.235. The third kappa shape index (κ3) is 2.87. The van der Waals surface area contributed by atoms with Crippen molar-refractivity contribution in [3.8, 4) is 11.4 Å². The van der Waals surface area contributed by atoms with Crippen LogP contribution in [0.3, 0.4) is 0 Å². The highest BCUT2D eigenvalue weighted by atomic mass is 79.9. The molecule has 2 aromatic carbocycles. The number of hydrogen-bond donors (Lipinski definition) is 0. The molecule has 0 atom stereocenters. The van der Waals surface area contributed by atoms with Crippen molar-refractivity contribution in [3.63, 3.8) is 0 Å². The molecule has 7 heteroatoms. The molecule has 0 saturated heterocycles. The van der Waals surface area contributed by atoms with Crippen molar-refractivity contribution in [1.82, 2.24) is 13.9 Å². The smallest absolute Gasteiger partial charge is 0.242 e. The average Bonchev–Trinajstić information content (AvgIpc) is 2.92. The standard InChI is InChI=1S/C17H18BrN3O2S/c1-4-21-16-9-8-14(24(22,23)20(2)3)11-15(16)19-17(21)12-6-5-7-13(18)10-12/h5-11H,4H2,1-3H3. The van der Waals surface area contributed by atoms with Gasteiger partial charge in [-0.05, 0) is 37.3 Å². The largest absolute Gasteiger partial charge is 0.324 e. The van der Waals surface area contributed by atoms with E-state index in [0.29, 0.717) is 5.52 Å². The first-order chi connectivity index (χ1) is 11.3. The summed E-state index contributed by atoms with van der Waals surface area (Å²) >= 11 is 3.48. The lowest BCUT2D eigenvalue weighted by molar-refractivity contribution is 0.521. The number of aryl methyl sites for hydroxylation is 1. The maximum Gasteiger partial charge on any atom is 0.242 e. The van der Waals surface area contributed by atoms with Crippen LogP contribution in [-0.4, -0.2) is 36.4 Å². The van der Waals surface area contributed by atoms with Crippen LogP contribution in [0.1, 0.15) is 6.92 Å². The van der Waals surface area contributed by atoms with Gasteiger partial charge in [-0.3, -0.25) is 0 Å². The van der Waals surface area contributed by atoms with E-state index in [0.717, 1.165) is 27.9 Å². The van der Waals surface area contributed by atoms with Crippen molar-refractivity contribution in [3.05, 3.63) is 46.9 Å². The second-order valence-electron chi connectivity index (χ2n) is 5.63. The normalized spacial score (nSPS) is 12.2. The van der Waals surface area contributed by atoms with Gasteiger partial charge in [-0.15, -0.1) is 0 Å². The number of rotatable bonds is 4. The Morgan fingerprint density at radius 1 is 1.17 bits per heavy atom. The summed E-state index contributed by atoms with van der Waals surface area (Å²) in [6.45, 7) is 2.80. The molecular formula is C17H18BrN3O2S. The Morgan fingerprint density at radius 2 is 1.92 bits per heavy atom. The molecule has 0 bridgehead atoms. The zero-order chi connectivity index (χ0) is 17.5. The fourth-order valence-electron chi connectivity index (χ4n) is 2.65. The lowest BCUT2D eigenvalue weighted by Crippen LogP contribution is -2.22. The van der Waals surface area contributed by atoms with E-state index in [1.807, 2.05) is 37.3 Å².